The smallest absolute Gasteiger partial charge is 0.318 e. The molecule has 130 valence electrons. The van der Waals surface area contributed by atoms with E-state index in [0.717, 1.165) is 46.3 Å². The monoisotopic (exact) mass is 404 g/mol. The van der Waals surface area contributed by atoms with Gasteiger partial charge >= 0.3 is 11.9 Å². The lowest BCUT2D eigenvalue weighted by molar-refractivity contribution is -0.154. The molecule has 1 aromatic heterocycles. The Balaban J connectivity index is 1.99. The van der Waals surface area contributed by atoms with E-state index < -0.39 is 17.9 Å². The average molecular weight is 405 g/mol. The summed E-state index contributed by atoms with van der Waals surface area (Å²) in [6.07, 6.45) is 6.15. The molecule has 6 nitrogen and oxygen atoms in total. The van der Waals surface area contributed by atoms with Gasteiger partial charge in [0.05, 0.1) is 17.6 Å². The van der Waals surface area contributed by atoms with E-state index in [1.165, 1.54) is 0 Å². The van der Waals surface area contributed by atoms with Gasteiger partial charge in [-0.2, -0.15) is 5.10 Å². The van der Waals surface area contributed by atoms with E-state index in [1.54, 1.807) is 6.08 Å². The van der Waals surface area contributed by atoms with Crippen LogP contribution in [0.15, 0.2) is 41.0 Å². The number of carboxylic acid groups (broad SMARTS) is 2. The molecule has 1 heterocycles. The molecule has 0 bridgehead atoms. The number of allylic oxidation sites excluding steroid dienone is 2. The number of hydrogen-bond donors (Lipinski definition) is 2. The Bertz CT molecular complexity index is 843. The van der Waals surface area contributed by atoms with Crippen LogP contribution in [-0.2, 0) is 16.0 Å². The Kier molecular flexibility index (Phi) is 5.03. The predicted octanol–water partition coefficient (Wildman–Crippen LogP) is 3.53. The lowest BCUT2D eigenvalue weighted by atomic mass is 9.91. The van der Waals surface area contributed by atoms with Crippen LogP contribution in [0.5, 0.6) is 0 Å². The van der Waals surface area contributed by atoms with Crippen LogP contribution < -0.4 is 0 Å². The van der Waals surface area contributed by atoms with Crippen LogP contribution >= 0.6 is 15.9 Å². The summed E-state index contributed by atoms with van der Waals surface area (Å²) in [5, 5.41) is 22.6. The van der Waals surface area contributed by atoms with Gasteiger partial charge in [0.25, 0.3) is 0 Å². The first-order valence-corrected chi connectivity index (χ1v) is 8.74. The van der Waals surface area contributed by atoms with Crippen molar-refractivity contribution in [2.75, 3.05) is 0 Å². The predicted molar refractivity (Wildman–Crippen MR) is 95.6 cm³/mol. The highest BCUT2D eigenvalue weighted by Crippen LogP contribution is 2.33. The van der Waals surface area contributed by atoms with Crippen LogP contribution in [0, 0.1) is 5.92 Å². The Morgan fingerprint density at radius 3 is 2.72 bits per heavy atom. The third kappa shape index (κ3) is 3.66. The SMILES string of the molecule is O=C(O)C(C/C=C1\CCCc2cnn(-c3cccc(Br)c3)c21)C(=O)O. The molecule has 0 fully saturated rings. The zero-order valence-corrected chi connectivity index (χ0v) is 14.9. The van der Waals surface area contributed by atoms with Crippen molar-refractivity contribution in [2.24, 2.45) is 5.92 Å². The highest BCUT2D eigenvalue weighted by molar-refractivity contribution is 9.10. The van der Waals surface area contributed by atoms with E-state index >= 15 is 0 Å². The lowest BCUT2D eigenvalue weighted by Gasteiger charge is -2.18. The van der Waals surface area contributed by atoms with Crippen molar-refractivity contribution in [3.63, 3.8) is 0 Å². The van der Waals surface area contributed by atoms with Gasteiger partial charge in [0, 0.05) is 4.47 Å². The lowest BCUT2D eigenvalue weighted by Crippen LogP contribution is -2.22. The van der Waals surface area contributed by atoms with Crippen LogP contribution in [0.2, 0.25) is 0 Å². The molecular formula is C18H17BrN2O4. The Morgan fingerprint density at radius 2 is 2.04 bits per heavy atom. The molecule has 25 heavy (non-hydrogen) atoms. The van der Waals surface area contributed by atoms with Gasteiger partial charge in [0.15, 0.2) is 5.92 Å². The van der Waals surface area contributed by atoms with Crippen LogP contribution in [0.4, 0.5) is 0 Å². The summed E-state index contributed by atoms with van der Waals surface area (Å²) in [4.78, 5) is 22.2. The molecule has 0 aliphatic heterocycles. The number of carbonyl (C=O) groups is 2. The number of benzene rings is 1. The maximum atomic E-state index is 11.1. The fraction of sp³-hybridized carbons (Fsp3) is 0.278. The van der Waals surface area contributed by atoms with Crippen molar-refractivity contribution in [3.05, 3.63) is 52.3 Å². The van der Waals surface area contributed by atoms with Gasteiger partial charge in [-0.15, -0.1) is 0 Å². The van der Waals surface area contributed by atoms with E-state index in [4.69, 9.17) is 10.2 Å². The van der Waals surface area contributed by atoms with E-state index in [-0.39, 0.29) is 6.42 Å². The second-order valence-electron chi connectivity index (χ2n) is 5.96. The van der Waals surface area contributed by atoms with Gasteiger partial charge in [0.2, 0.25) is 0 Å². The van der Waals surface area contributed by atoms with E-state index in [0.29, 0.717) is 0 Å². The van der Waals surface area contributed by atoms with Crippen LogP contribution in [0.1, 0.15) is 30.5 Å². The summed E-state index contributed by atoms with van der Waals surface area (Å²) in [6.45, 7) is 0. The minimum absolute atomic E-state index is 0.0386. The van der Waals surface area contributed by atoms with Gasteiger partial charge in [0.1, 0.15) is 0 Å². The van der Waals surface area contributed by atoms with E-state index in [2.05, 4.69) is 21.0 Å². The number of rotatable bonds is 5. The number of aromatic nitrogens is 2. The van der Waals surface area contributed by atoms with E-state index in [9.17, 15) is 9.59 Å². The Hall–Kier alpha value is -2.41. The van der Waals surface area contributed by atoms with Crippen LogP contribution in [0.25, 0.3) is 11.3 Å². The summed E-state index contributed by atoms with van der Waals surface area (Å²) >= 11 is 3.45. The number of carboxylic acids is 2. The fourth-order valence-corrected chi connectivity index (χ4v) is 3.45. The molecule has 1 aliphatic rings. The van der Waals surface area contributed by atoms with Gasteiger partial charge in [-0.05, 0) is 55.0 Å². The molecule has 0 saturated heterocycles. The first-order chi connectivity index (χ1) is 12.0. The number of nitrogens with zero attached hydrogens (tertiary/aromatic N) is 2. The Labute approximate surface area is 152 Å². The number of aliphatic carboxylic acids is 2. The molecule has 7 heteroatoms. The summed E-state index contributed by atoms with van der Waals surface area (Å²) in [5.74, 6) is -4.07. The van der Waals surface area contributed by atoms with Gasteiger partial charge in [-0.1, -0.05) is 28.1 Å². The second kappa shape index (κ2) is 7.23. The highest BCUT2D eigenvalue weighted by Gasteiger charge is 2.26. The summed E-state index contributed by atoms with van der Waals surface area (Å²) < 4.78 is 2.77. The maximum Gasteiger partial charge on any atom is 0.318 e. The zero-order valence-electron chi connectivity index (χ0n) is 13.4. The minimum Gasteiger partial charge on any atom is -0.481 e. The maximum absolute atomic E-state index is 11.1. The van der Waals surface area contributed by atoms with Crippen LogP contribution in [0.3, 0.4) is 0 Å². The van der Waals surface area contributed by atoms with Crippen molar-refractivity contribution in [1.82, 2.24) is 9.78 Å². The average Bonchev–Trinajstić information content (AvgIpc) is 2.99. The largest absolute Gasteiger partial charge is 0.481 e. The highest BCUT2D eigenvalue weighted by atomic mass is 79.9. The van der Waals surface area contributed by atoms with Crippen molar-refractivity contribution in [2.45, 2.75) is 25.7 Å². The topological polar surface area (TPSA) is 92.4 Å². The standard InChI is InChI=1S/C18H17BrN2O4/c19-13-5-2-6-14(9-13)21-16-11(3-1-4-12(16)10-20-21)7-8-15(17(22)23)18(24)25/h2,5-7,9-10,15H,1,3-4,8H2,(H,22,23)(H,24,25)/b11-7+. The first kappa shape index (κ1) is 17.4. The minimum atomic E-state index is -1.43. The molecular weight excluding hydrogens is 388 g/mol. The molecule has 0 saturated carbocycles. The third-order valence-corrected chi connectivity index (χ3v) is 4.78. The molecule has 0 amide bonds. The molecule has 1 aromatic carbocycles. The first-order valence-electron chi connectivity index (χ1n) is 7.95. The van der Waals surface area contributed by atoms with Gasteiger partial charge in [-0.3, -0.25) is 9.59 Å². The number of fused-ring (bicyclic) bond motifs is 1. The quantitative estimate of drug-likeness (QED) is 0.743. The number of aryl methyl sites for hydroxylation is 1. The van der Waals surface area contributed by atoms with Crippen molar-refractivity contribution < 1.29 is 19.8 Å². The third-order valence-electron chi connectivity index (χ3n) is 4.29. The number of halogens is 1. The van der Waals surface area contributed by atoms with E-state index in [1.807, 2.05) is 35.1 Å². The Morgan fingerprint density at radius 1 is 1.28 bits per heavy atom. The molecule has 3 rings (SSSR count). The molecule has 1 aliphatic carbocycles. The molecule has 2 aromatic rings. The molecule has 2 N–H and O–H groups in total. The molecule has 0 unspecified atom stereocenters. The van der Waals surface area contributed by atoms with Gasteiger partial charge in [-0.25, -0.2) is 4.68 Å². The zero-order chi connectivity index (χ0) is 18.0. The fourth-order valence-electron chi connectivity index (χ4n) is 3.06. The summed E-state index contributed by atoms with van der Waals surface area (Å²) in [5.41, 5.74) is 3.89. The van der Waals surface area contributed by atoms with Crippen molar-refractivity contribution >= 4 is 33.4 Å². The van der Waals surface area contributed by atoms with Crippen molar-refractivity contribution in [1.29, 1.82) is 0 Å². The normalized spacial score (nSPS) is 15.4. The molecule has 0 radical (unpaired) electrons. The van der Waals surface area contributed by atoms with Gasteiger partial charge < -0.3 is 10.2 Å². The van der Waals surface area contributed by atoms with Crippen LogP contribution in [-0.4, -0.2) is 31.9 Å². The van der Waals surface area contributed by atoms with Crippen molar-refractivity contribution in [3.8, 4) is 5.69 Å². The second-order valence-corrected chi connectivity index (χ2v) is 6.87. The number of hydrogen-bond acceptors (Lipinski definition) is 3. The summed E-state index contributed by atoms with van der Waals surface area (Å²) in [6, 6.07) is 7.75. The summed E-state index contributed by atoms with van der Waals surface area (Å²) in [7, 11) is 0. The molecule has 0 atom stereocenters. The molecule has 0 spiro atoms.